The highest BCUT2D eigenvalue weighted by Gasteiger charge is 2.30. The molecule has 2 aliphatic rings. The molecule has 0 atom stereocenters. The lowest BCUT2D eigenvalue weighted by atomic mass is 10.1. The van der Waals surface area contributed by atoms with Gasteiger partial charge in [0.05, 0.1) is 48.1 Å². The number of halogens is 1. The Morgan fingerprint density at radius 3 is 1.60 bits per heavy atom. The van der Waals surface area contributed by atoms with Gasteiger partial charge in [0.25, 0.3) is 11.8 Å². The van der Waals surface area contributed by atoms with E-state index in [0.29, 0.717) is 45.4 Å². The molecule has 4 aromatic rings. The average Bonchev–Trinajstić information content (AvgIpc) is 4.12. The predicted octanol–water partition coefficient (Wildman–Crippen LogP) is 3.80. The zero-order valence-corrected chi connectivity index (χ0v) is 30.9. The molecule has 19 heteroatoms. The molecule has 0 spiro atoms. The number of rotatable bonds is 11. The van der Waals surface area contributed by atoms with E-state index in [9.17, 15) is 24.4 Å². The van der Waals surface area contributed by atoms with E-state index in [1.807, 2.05) is 12.1 Å². The fourth-order valence-electron chi connectivity index (χ4n) is 4.70. The smallest absolute Gasteiger partial charge is 0.273 e. The van der Waals surface area contributed by atoms with Gasteiger partial charge in [-0.15, -0.1) is 20.4 Å². The van der Waals surface area contributed by atoms with Gasteiger partial charge in [-0.05, 0) is 49.9 Å². The molecule has 7 N–H and O–H groups in total. The SMILES string of the molecule is CNC(=O)c1nnc(Cl)cc1Nc1cccc(C#N)c1OC.CNC(=O)c1nnc(NC(=O)C2CC2)cc1Nc1cccc(C#N)c1OC.NC(=O)C1CC1. The minimum atomic E-state index is -0.444. The molecule has 2 aromatic heterocycles. The summed E-state index contributed by atoms with van der Waals surface area (Å²) in [6, 6.07) is 17.1. The second kappa shape index (κ2) is 19.1. The van der Waals surface area contributed by atoms with Crippen LogP contribution in [0, 0.1) is 34.5 Å². The fraction of sp³-hybridized carbons (Fsp3) is 0.278. The lowest BCUT2D eigenvalue weighted by molar-refractivity contribution is -0.119. The first kappa shape index (κ1) is 40.7. The number of hydrogen-bond donors (Lipinski definition) is 6. The number of anilines is 5. The Kier molecular flexibility index (Phi) is 14.2. The van der Waals surface area contributed by atoms with E-state index in [0.717, 1.165) is 25.7 Å². The van der Waals surface area contributed by atoms with Crippen LogP contribution < -0.4 is 41.8 Å². The minimum absolute atomic E-state index is 0.00855. The van der Waals surface area contributed by atoms with Crippen molar-refractivity contribution in [1.29, 1.82) is 10.5 Å². The van der Waals surface area contributed by atoms with Crippen molar-refractivity contribution in [3.63, 3.8) is 0 Å². The maximum Gasteiger partial charge on any atom is 0.273 e. The topological polar surface area (TPSA) is 272 Å². The molecule has 55 heavy (non-hydrogen) atoms. The van der Waals surface area contributed by atoms with Crippen LogP contribution >= 0.6 is 11.6 Å². The molecule has 4 amide bonds. The number of nitrogens with two attached hydrogens (primary N) is 1. The Balaban J connectivity index is 0.000000215. The second-order valence-corrected chi connectivity index (χ2v) is 12.2. The largest absolute Gasteiger partial charge is 0.493 e. The Morgan fingerprint density at radius 1 is 0.727 bits per heavy atom. The molecule has 284 valence electrons. The zero-order chi connectivity index (χ0) is 40.1. The lowest BCUT2D eigenvalue weighted by Gasteiger charge is -2.15. The van der Waals surface area contributed by atoms with Crippen LogP contribution in [0.15, 0.2) is 48.5 Å². The minimum Gasteiger partial charge on any atom is -0.493 e. The molecule has 2 saturated carbocycles. The number of hydrogen-bond acceptors (Lipinski definition) is 14. The first-order valence-electron chi connectivity index (χ1n) is 16.6. The van der Waals surface area contributed by atoms with Crippen molar-refractivity contribution < 1.29 is 28.7 Å². The van der Waals surface area contributed by atoms with E-state index < -0.39 is 11.8 Å². The van der Waals surface area contributed by atoms with Crippen molar-refractivity contribution >= 4 is 63.8 Å². The number of para-hydroxylation sites is 2. The Morgan fingerprint density at radius 2 is 1.20 bits per heavy atom. The van der Waals surface area contributed by atoms with Crippen molar-refractivity contribution in [2.45, 2.75) is 25.7 Å². The molecule has 6 rings (SSSR count). The van der Waals surface area contributed by atoms with E-state index in [1.54, 1.807) is 36.4 Å². The van der Waals surface area contributed by atoms with Gasteiger partial charge in [-0.2, -0.15) is 10.5 Å². The molecule has 0 radical (unpaired) electrons. The number of benzene rings is 2. The Bertz CT molecular complexity index is 2160. The first-order chi connectivity index (χ1) is 26.5. The van der Waals surface area contributed by atoms with Crippen LogP contribution in [0.3, 0.4) is 0 Å². The number of carbonyl (C=O) groups excluding carboxylic acids is 4. The van der Waals surface area contributed by atoms with E-state index in [-0.39, 0.29) is 46.0 Å². The molecule has 0 unspecified atom stereocenters. The number of primary amides is 1. The highest BCUT2D eigenvalue weighted by molar-refractivity contribution is 6.29. The van der Waals surface area contributed by atoms with Crippen molar-refractivity contribution in [1.82, 2.24) is 31.0 Å². The van der Waals surface area contributed by atoms with Crippen molar-refractivity contribution in [2.75, 3.05) is 44.3 Å². The van der Waals surface area contributed by atoms with E-state index >= 15 is 0 Å². The molecule has 0 bridgehead atoms. The maximum absolute atomic E-state index is 12.1. The van der Waals surface area contributed by atoms with Gasteiger partial charge in [0.2, 0.25) is 11.8 Å². The molecule has 2 fully saturated rings. The summed E-state index contributed by atoms with van der Waals surface area (Å²) in [5.74, 6) is 0.0743. The summed E-state index contributed by atoms with van der Waals surface area (Å²) in [6.45, 7) is 0. The summed E-state index contributed by atoms with van der Waals surface area (Å²) in [5, 5.41) is 47.5. The van der Waals surface area contributed by atoms with Crippen LogP contribution in [0.4, 0.5) is 28.6 Å². The molecule has 2 heterocycles. The number of ether oxygens (including phenoxy) is 2. The predicted molar refractivity (Wildman–Crippen MR) is 201 cm³/mol. The highest BCUT2D eigenvalue weighted by Crippen LogP contribution is 2.34. The Hall–Kier alpha value is -7.05. The van der Waals surface area contributed by atoms with Crippen LogP contribution in [0.1, 0.15) is 57.8 Å². The average molecular weight is 769 g/mol. The summed E-state index contributed by atoms with van der Waals surface area (Å²) in [6.07, 6.45) is 3.77. The van der Waals surface area contributed by atoms with E-state index in [2.05, 4.69) is 47.0 Å². The first-order valence-corrected chi connectivity index (χ1v) is 17.0. The van der Waals surface area contributed by atoms with Gasteiger partial charge < -0.3 is 41.8 Å². The van der Waals surface area contributed by atoms with Crippen LogP contribution in [-0.4, -0.2) is 72.3 Å². The number of aromatic nitrogens is 4. The van der Waals surface area contributed by atoms with Crippen LogP contribution in [0.5, 0.6) is 11.5 Å². The van der Waals surface area contributed by atoms with Gasteiger partial charge in [0.15, 0.2) is 33.9 Å². The number of carbonyl (C=O) groups is 4. The quantitative estimate of drug-likeness (QED) is 0.127. The van der Waals surface area contributed by atoms with Gasteiger partial charge in [0.1, 0.15) is 12.1 Å². The molecule has 2 aromatic carbocycles. The summed E-state index contributed by atoms with van der Waals surface area (Å²) < 4.78 is 10.6. The number of nitriles is 2. The van der Waals surface area contributed by atoms with Crippen molar-refractivity contribution in [3.8, 4) is 23.6 Å². The van der Waals surface area contributed by atoms with Crippen molar-refractivity contribution in [2.24, 2.45) is 17.6 Å². The zero-order valence-electron chi connectivity index (χ0n) is 30.2. The van der Waals surface area contributed by atoms with Gasteiger partial charge >= 0.3 is 0 Å². The maximum atomic E-state index is 12.1. The van der Waals surface area contributed by atoms with Gasteiger partial charge in [-0.1, -0.05) is 23.7 Å². The fourth-order valence-corrected chi connectivity index (χ4v) is 4.85. The molecule has 2 aliphatic carbocycles. The normalized spacial score (nSPS) is 12.3. The monoisotopic (exact) mass is 768 g/mol. The third kappa shape index (κ3) is 11.0. The standard InChI is InChI=1S/C18H18N6O3.C14H12ClN5O2.C4H7NO/c1-20-18(26)15-13(8-14(23-24-15)22-17(25)10-6-7-10)21-12-5-3-4-11(9-19)16(12)27-2;1-17-14(21)12-10(6-11(15)19-20-12)18-9-5-3-4-8(7-16)13(9)22-2;5-4(6)3-1-2-3/h3-5,8,10H,6-7H2,1-2H3,(H,20,26)(H2,21,22,23,25);3-6H,1-2H3,(H,17,21)(H,18,19);3H,1-2H2,(H2,5,6). The molecular weight excluding hydrogens is 732 g/mol. The van der Waals surface area contributed by atoms with Gasteiger partial charge in [-0.25, -0.2) is 0 Å². The van der Waals surface area contributed by atoms with Gasteiger partial charge in [-0.3, -0.25) is 19.2 Å². The number of amides is 4. The highest BCUT2D eigenvalue weighted by atomic mass is 35.5. The lowest BCUT2D eigenvalue weighted by Crippen LogP contribution is -2.22. The molecular formula is C36H37ClN12O6. The summed E-state index contributed by atoms with van der Waals surface area (Å²) in [5.41, 5.74) is 7.36. The van der Waals surface area contributed by atoms with Crippen LogP contribution in [0.2, 0.25) is 5.15 Å². The molecule has 18 nitrogen and oxygen atoms in total. The summed E-state index contributed by atoms with van der Waals surface area (Å²) >= 11 is 5.83. The summed E-state index contributed by atoms with van der Waals surface area (Å²) in [7, 11) is 5.87. The van der Waals surface area contributed by atoms with E-state index in [4.69, 9.17) is 32.1 Å². The molecule has 0 saturated heterocycles. The van der Waals surface area contributed by atoms with Crippen LogP contribution in [0.25, 0.3) is 0 Å². The number of nitrogens with zero attached hydrogens (tertiary/aromatic N) is 6. The second-order valence-electron chi connectivity index (χ2n) is 11.8. The Labute approximate surface area is 320 Å². The molecule has 0 aliphatic heterocycles. The van der Waals surface area contributed by atoms with Gasteiger partial charge in [0, 0.05) is 38.1 Å². The third-order valence-electron chi connectivity index (χ3n) is 7.84. The number of nitrogens with one attached hydrogen (secondary N) is 5. The third-order valence-corrected chi connectivity index (χ3v) is 8.02. The van der Waals surface area contributed by atoms with Crippen LogP contribution in [-0.2, 0) is 9.59 Å². The van der Waals surface area contributed by atoms with E-state index in [1.165, 1.54) is 40.4 Å². The number of methoxy groups -OCH3 is 2. The van der Waals surface area contributed by atoms with Crippen molar-refractivity contribution in [3.05, 3.63) is 76.2 Å². The summed E-state index contributed by atoms with van der Waals surface area (Å²) in [4.78, 5) is 45.9.